The van der Waals surface area contributed by atoms with Crippen molar-refractivity contribution in [3.63, 3.8) is 0 Å². The van der Waals surface area contributed by atoms with E-state index in [1.165, 1.54) is 77.1 Å². The Balaban J connectivity index is 1.40. The molecule has 0 heterocycles. The van der Waals surface area contributed by atoms with Gasteiger partial charge in [0.05, 0.1) is 11.4 Å². The van der Waals surface area contributed by atoms with Crippen LogP contribution < -0.4 is 4.90 Å². The summed E-state index contributed by atoms with van der Waals surface area (Å²) in [6, 6.07) is 60.2. The van der Waals surface area contributed by atoms with E-state index in [4.69, 9.17) is 0 Å². The summed E-state index contributed by atoms with van der Waals surface area (Å²) in [4.78, 5) is 2.50. The van der Waals surface area contributed by atoms with Crippen LogP contribution in [0.5, 0.6) is 0 Å². The molecule has 0 spiro atoms. The summed E-state index contributed by atoms with van der Waals surface area (Å²) in [7, 11) is 0. The lowest BCUT2D eigenvalue weighted by molar-refractivity contribution is 0.645. The Hall–Kier alpha value is -5.66. The molecule has 0 N–H and O–H groups in total. The van der Waals surface area contributed by atoms with Gasteiger partial charge < -0.3 is 4.90 Å². The fourth-order valence-electron chi connectivity index (χ4n) is 7.80. The molecule has 0 atom stereocenters. The summed E-state index contributed by atoms with van der Waals surface area (Å²) < 4.78 is 0. The first-order chi connectivity index (χ1) is 22.6. The highest BCUT2D eigenvalue weighted by atomic mass is 15.1. The summed E-state index contributed by atoms with van der Waals surface area (Å²) >= 11 is 0. The van der Waals surface area contributed by atoms with Crippen molar-refractivity contribution in [3.8, 4) is 22.3 Å². The molecule has 0 radical (unpaired) electrons. The second-order valence-corrected chi connectivity index (χ2v) is 12.9. The molecule has 0 aliphatic heterocycles. The minimum Gasteiger partial charge on any atom is -0.309 e. The SMILES string of the molecule is CC1(C)c2ccccc2-c2c(N(c3ccc(-c4ccccc4)cc3)c3cc4ccccc4c4ccccc34)ccc3cccc1c23. The molecule has 0 bridgehead atoms. The van der Waals surface area contributed by atoms with Gasteiger partial charge in [-0.3, -0.25) is 0 Å². The van der Waals surface area contributed by atoms with Crippen LogP contribution in [-0.4, -0.2) is 0 Å². The van der Waals surface area contributed by atoms with Gasteiger partial charge in [0.1, 0.15) is 0 Å². The van der Waals surface area contributed by atoms with Gasteiger partial charge in [0.25, 0.3) is 0 Å². The van der Waals surface area contributed by atoms with Crippen molar-refractivity contribution in [1.29, 1.82) is 0 Å². The fraction of sp³-hybridized carbons (Fsp3) is 0.0667. The van der Waals surface area contributed by atoms with E-state index in [9.17, 15) is 0 Å². The lowest BCUT2D eigenvalue weighted by Gasteiger charge is -2.38. The zero-order chi connectivity index (χ0) is 30.8. The van der Waals surface area contributed by atoms with Crippen LogP contribution in [0.2, 0.25) is 0 Å². The van der Waals surface area contributed by atoms with Gasteiger partial charge >= 0.3 is 0 Å². The molecule has 218 valence electrons. The maximum Gasteiger partial charge on any atom is 0.0546 e. The molecule has 1 aliphatic rings. The molecule has 0 saturated heterocycles. The second-order valence-electron chi connectivity index (χ2n) is 12.9. The van der Waals surface area contributed by atoms with Crippen LogP contribution in [0.4, 0.5) is 17.1 Å². The van der Waals surface area contributed by atoms with Crippen molar-refractivity contribution >= 4 is 49.4 Å². The molecule has 0 saturated carbocycles. The number of nitrogens with zero attached hydrogens (tertiary/aromatic N) is 1. The summed E-state index contributed by atoms with van der Waals surface area (Å²) in [5, 5.41) is 7.63. The third-order valence-corrected chi connectivity index (χ3v) is 10.0. The van der Waals surface area contributed by atoms with E-state index in [2.05, 4.69) is 183 Å². The summed E-state index contributed by atoms with van der Waals surface area (Å²) in [5.74, 6) is 0. The Morgan fingerprint density at radius 3 is 1.89 bits per heavy atom. The van der Waals surface area contributed by atoms with E-state index in [0.717, 1.165) is 5.69 Å². The van der Waals surface area contributed by atoms with E-state index >= 15 is 0 Å². The normalized spacial score (nSPS) is 13.2. The highest BCUT2D eigenvalue weighted by molar-refractivity contribution is 6.16. The summed E-state index contributed by atoms with van der Waals surface area (Å²) in [6.07, 6.45) is 0. The number of rotatable bonds is 4. The molecule has 9 rings (SSSR count). The lowest BCUT2D eigenvalue weighted by Crippen LogP contribution is -2.24. The van der Waals surface area contributed by atoms with Crippen LogP contribution in [0.1, 0.15) is 25.0 Å². The first-order valence-electron chi connectivity index (χ1n) is 16.1. The van der Waals surface area contributed by atoms with E-state index in [1.807, 2.05) is 0 Å². The molecule has 0 amide bonds. The third-order valence-electron chi connectivity index (χ3n) is 10.0. The number of hydrogen-bond acceptors (Lipinski definition) is 1. The molecule has 46 heavy (non-hydrogen) atoms. The van der Waals surface area contributed by atoms with Crippen LogP contribution in [0, 0.1) is 0 Å². The van der Waals surface area contributed by atoms with Crippen LogP contribution in [0.15, 0.2) is 164 Å². The standard InChI is InChI=1S/C45H33N/c1-45(2)39-21-11-10-20-38(39)44-41(28-25-32-16-12-22-40(45)43(32)44)46(34-26-23-31(24-27-34)30-13-4-3-5-14-30)42-29-33-15-6-7-17-35(33)36-18-8-9-19-37(36)42/h3-29H,1-2H3. The molecule has 0 unspecified atom stereocenters. The zero-order valence-corrected chi connectivity index (χ0v) is 26.0. The zero-order valence-electron chi connectivity index (χ0n) is 26.0. The fourth-order valence-corrected chi connectivity index (χ4v) is 7.80. The van der Waals surface area contributed by atoms with E-state index < -0.39 is 0 Å². The van der Waals surface area contributed by atoms with Crippen molar-refractivity contribution in [3.05, 3.63) is 175 Å². The Morgan fingerprint density at radius 2 is 1.07 bits per heavy atom. The number of fused-ring (bicyclic) bond motifs is 5. The van der Waals surface area contributed by atoms with Gasteiger partial charge in [-0.15, -0.1) is 0 Å². The summed E-state index contributed by atoms with van der Waals surface area (Å²) in [5.41, 5.74) is 11.2. The third kappa shape index (κ3) is 3.95. The quantitative estimate of drug-likeness (QED) is 0.185. The minimum absolute atomic E-state index is 0.112. The van der Waals surface area contributed by atoms with Crippen LogP contribution >= 0.6 is 0 Å². The van der Waals surface area contributed by atoms with Gasteiger partial charge in [-0.05, 0) is 79.0 Å². The van der Waals surface area contributed by atoms with E-state index in [0.29, 0.717) is 0 Å². The van der Waals surface area contributed by atoms with Crippen molar-refractivity contribution in [1.82, 2.24) is 0 Å². The smallest absolute Gasteiger partial charge is 0.0546 e. The molecule has 0 fully saturated rings. The Kier molecular flexibility index (Phi) is 5.92. The van der Waals surface area contributed by atoms with Gasteiger partial charge in [-0.2, -0.15) is 0 Å². The van der Waals surface area contributed by atoms with Crippen molar-refractivity contribution in [2.24, 2.45) is 0 Å². The average Bonchev–Trinajstić information content (AvgIpc) is 3.11. The van der Waals surface area contributed by atoms with Crippen LogP contribution in [-0.2, 0) is 5.41 Å². The van der Waals surface area contributed by atoms with Crippen LogP contribution in [0.3, 0.4) is 0 Å². The summed E-state index contributed by atoms with van der Waals surface area (Å²) in [6.45, 7) is 4.74. The van der Waals surface area contributed by atoms with Gasteiger partial charge in [-0.25, -0.2) is 0 Å². The minimum atomic E-state index is -0.112. The maximum absolute atomic E-state index is 2.50. The number of anilines is 3. The molecule has 8 aromatic rings. The van der Waals surface area contributed by atoms with Crippen molar-refractivity contribution < 1.29 is 0 Å². The average molecular weight is 588 g/mol. The highest BCUT2D eigenvalue weighted by Gasteiger charge is 2.35. The maximum atomic E-state index is 2.50. The monoisotopic (exact) mass is 587 g/mol. The van der Waals surface area contributed by atoms with Gasteiger partial charge in [0.15, 0.2) is 0 Å². The second kappa shape index (κ2) is 10.2. The van der Waals surface area contributed by atoms with Crippen LogP contribution in [0.25, 0.3) is 54.6 Å². The Labute approximate surface area is 270 Å². The number of hydrogen-bond donors (Lipinski definition) is 0. The topological polar surface area (TPSA) is 3.24 Å². The molecule has 0 aromatic heterocycles. The molecule has 8 aromatic carbocycles. The Bertz CT molecular complexity index is 2430. The van der Waals surface area contributed by atoms with E-state index in [1.54, 1.807) is 0 Å². The first kappa shape index (κ1) is 26.7. The number of benzene rings is 8. The molecule has 1 heteroatoms. The van der Waals surface area contributed by atoms with E-state index in [-0.39, 0.29) is 5.41 Å². The first-order valence-corrected chi connectivity index (χ1v) is 16.1. The van der Waals surface area contributed by atoms with Gasteiger partial charge in [0.2, 0.25) is 0 Å². The largest absolute Gasteiger partial charge is 0.309 e. The highest BCUT2D eigenvalue weighted by Crippen LogP contribution is 2.54. The van der Waals surface area contributed by atoms with Crippen molar-refractivity contribution in [2.45, 2.75) is 19.3 Å². The van der Waals surface area contributed by atoms with Gasteiger partial charge in [0, 0.05) is 22.1 Å². The lowest BCUT2D eigenvalue weighted by atomic mass is 9.68. The molecular formula is C45H33N. The van der Waals surface area contributed by atoms with Gasteiger partial charge in [-0.1, -0.05) is 153 Å². The molecule has 1 nitrogen and oxygen atoms in total. The Morgan fingerprint density at radius 1 is 0.435 bits per heavy atom. The van der Waals surface area contributed by atoms with Crippen molar-refractivity contribution in [2.75, 3.05) is 4.90 Å². The predicted octanol–water partition coefficient (Wildman–Crippen LogP) is 12.6. The molecular weight excluding hydrogens is 555 g/mol. The predicted molar refractivity (Wildman–Crippen MR) is 197 cm³/mol. The molecule has 1 aliphatic carbocycles.